The SMILES string of the molecule is CCn1c(SCC(=O)N/N=C(/C)c2ccncc2)nnc1-c1ccccc1. The molecule has 1 N–H and O–H groups in total. The van der Waals surface area contributed by atoms with Crippen LogP contribution in [0.25, 0.3) is 11.4 Å². The van der Waals surface area contributed by atoms with E-state index in [0.29, 0.717) is 5.16 Å². The fourth-order valence-electron chi connectivity index (χ4n) is 2.45. The molecule has 0 fully saturated rings. The van der Waals surface area contributed by atoms with Gasteiger partial charge in [-0.15, -0.1) is 10.2 Å². The van der Waals surface area contributed by atoms with Crippen LogP contribution in [0.2, 0.25) is 0 Å². The zero-order chi connectivity index (χ0) is 19.1. The van der Waals surface area contributed by atoms with Crippen molar-refractivity contribution in [2.24, 2.45) is 5.10 Å². The molecule has 0 atom stereocenters. The first-order chi connectivity index (χ1) is 13.2. The number of aromatic nitrogens is 4. The van der Waals surface area contributed by atoms with Crippen molar-refractivity contribution < 1.29 is 4.79 Å². The molecular weight excluding hydrogens is 360 g/mol. The Bertz CT molecular complexity index is 924. The topological polar surface area (TPSA) is 85.1 Å². The number of pyridine rings is 1. The molecule has 0 aliphatic heterocycles. The van der Waals surface area contributed by atoms with Gasteiger partial charge in [0, 0.05) is 30.1 Å². The summed E-state index contributed by atoms with van der Waals surface area (Å²) >= 11 is 1.34. The zero-order valence-corrected chi connectivity index (χ0v) is 16.0. The Morgan fingerprint density at radius 3 is 2.59 bits per heavy atom. The molecule has 0 unspecified atom stereocenters. The highest BCUT2D eigenvalue weighted by molar-refractivity contribution is 7.99. The Morgan fingerprint density at radius 2 is 1.89 bits per heavy atom. The molecule has 8 heteroatoms. The minimum absolute atomic E-state index is 0.194. The van der Waals surface area contributed by atoms with E-state index < -0.39 is 0 Å². The lowest BCUT2D eigenvalue weighted by molar-refractivity contribution is -0.118. The first-order valence-electron chi connectivity index (χ1n) is 8.54. The van der Waals surface area contributed by atoms with Gasteiger partial charge < -0.3 is 4.57 Å². The van der Waals surface area contributed by atoms with Crippen molar-refractivity contribution in [3.05, 3.63) is 60.4 Å². The van der Waals surface area contributed by atoms with Gasteiger partial charge >= 0.3 is 0 Å². The zero-order valence-electron chi connectivity index (χ0n) is 15.2. The van der Waals surface area contributed by atoms with Crippen molar-refractivity contribution in [2.45, 2.75) is 25.5 Å². The van der Waals surface area contributed by atoms with Gasteiger partial charge in [-0.2, -0.15) is 5.10 Å². The van der Waals surface area contributed by atoms with Crippen LogP contribution < -0.4 is 5.43 Å². The van der Waals surface area contributed by atoms with Gasteiger partial charge in [0.05, 0.1) is 11.5 Å². The number of nitrogens with one attached hydrogen (secondary N) is 1. The second kappa shape index (κ2) is 9.09. The van der Waals surface area contributed by atoms with Gasteiger partial charge in [-0.1, -0.05) is 42.1 Å². The summed E-state index contributed by atoms with van der Waals surface area (Å²) in [7, 11) is 0. The van der Waals surface area contributed by atoms with Crippen LogP contribution in [0.3, 0.4) is 0 Å². The van der Waals surface area contributed by atoms with Gasteiger partial charge in [-0.3, -0.25) is 9.78 Å². The molecule has 1 amide bonds. The molecule has 27 heavy (non-hydrogen) atoms. The average molecular weight is 380 g/mol. The highest BCUT2D eigenvalue weighted by Gasteiger charge is 2.14. The van der Waals surface area contributed by atoms with E-state index >= 15 is 0 Å². The van der Waals surface area contributed by atoms with Crippen molar-refractivity contribution in [3.8, 4) is 11.4 Å². The van der Waals surface area contributed by atoms with Crippen molar-refractivity contribution in [3.63, 3.8) is 0 Å². The van der Waals surface area contributed by atoms with Crippen LogP contribution in [0.15, 0.2) is 65.1 Å². The number of carbonyl (C=O) groups is 1. The minimum atomic E-state index is -0.194. The average Bonchev–Trinajstić information content (AvgIpc) is 3.14. The van der Waals surface area contributed by atoms with Crippen LogP contribution in [0.5, 0.6) is 0 Å². The lowest BCUT2D eigenvalue weighted by Gasteiger charge is -2.07. The van der Waals surface area contributed by atoms with Crippen LogP contribution in [-0.2, 0) is 11.3 Å². The maximum atomic E-state index is 12.1. The van der Waals surface area contributed by atoms with E-state index in [-0.39, 0.29) is 11.7 Å². The number of rotatable bonds is 7. The van der Waals surface area contributed by atoms with E-state index in [0.717, 1.165) is 29.2 Å². The molecule has 0 saturated heterocycles. The molecule has 0 aliphatic rings. The van der Waals surface area contributed by atoms with Crippen molar-refractivity contribution in [2.75, 3.05) is 5.75 Å². The third kappa shape index (κ3) is 4.79. The Morgan fingerprint density at radius 1 is 1.15 bits per heavy atom. The Balaban J connectivity index is 1.62. The molecule has 0 aliphatic carbocycles. The number of thioether (sulfide) groups is 1. The van der Waals surface area contributed by atoms with Gasteiger partial charge in [0.25, 0.3) is 5.91 Å². The number of hydrazone groups is 1. The maximum absolute atomic E-state index is 12.1. The summed E-state index contributed by atoms with van der Waals surface area (Å²) in [6, 6.07) is 13.6. The predicted octanol–water partition coefficient (Wildman–Crippen LogP) is 2.99. The summed E-state index contributed by atoms with van der Waals surface area (Å²) in [4.78, 5) is 16.1. The van der Waals surface area contributed by atoms with Gasteiger partial charge in [0.15, 0.2) is 11.0 Å². The summed E-state index contributed by atoms with van der Waals surface area (Å²) in [6.45, 7) is 4.59. The maximum Gasteiger partial charge on any atom is 0.250 e. The quantitative estimate of drug-likeness (QED) is 0.387. The van der Waals surface area contributed by atoms with Gasteiger partial charge in [-0.05, 0) is 26.0 Å². The van der Waals surface area contributed by atoms with Crippen LogP contribution in [0, 0.1) is 0 Å². The highest BCUT2D eigenvalue weighted by Crippen LogP contribution is 2.23. The molecule has 0 radical (unpaired) electrons. The lowest BCUT2D eigenvalue weighted by atomic mass is 10.2. The van der Waals surface area contributed by atoms with Crippen LogP contribution in [0.4, 0.5) is 0 Å². The molecule has 0 bridgehead atoms. The number of benzene rings is 1. The smallest absolute Gasteiger partial charge is 0.250 e. The standard InChI is InChI=1S/C19H20N6OS/c1-3-25-18(16-7-5-4-6-8-16)23-24-19(25)27-13-17(26)22-21-14(2)15-9-11-20-12-10-15/h4-12H,3,13H2,1-2H3,(H,22,26)/b21-14-. The molecule has 1 aromatic carbocycles. The summed E-state index contributed by atoms with van der Waals surface area (Å²) in [5.41, 5.74) is 5.21. The number of amides is 1. The fourth-order valence-corrected chi connectivity index (χ4v) is 3.24. The van der Waals surface area contributed by atoms with Crippen LogP contribution >= 0.6 is 11.8 Å². The second-order valence-corrected chi connectivity index (χ2v) is 6.62. The first-order valence-corrected chi connectivity index (χ1v) is 9.52. The number of hydrogen-bond donors (Lipinski definition) is 1. The highest BCUT2D eigenvalue weighted by atomic mass is 32.2. The molecule has 138 valence electrons. The molecule has 3 rings (SSSR count). The third-order valence-corrected chi connectivity index (χ3v) is 4.81. The number of nitrogens with zero attached hydrogens (tertiary/aromatic N) is 5. The van der Waals surface area contributed by atoms with Gasteiger partial charge in [-0.25, -0.2) is 5.43 Å². The summed E-state index contributed by atoms with van der Waals surface area (Å²) < 4.78 is 2.00. The molecule has 2 heterocycles. The molecular formula is C19H20N6OS. The molecule has 7 nitrogen and oxygen atoms in total. The Hall–Kier alpha value is -3.00. The number of hydrogen-bond acceptors (Lipinski definition) is 6. The summed E-state index contributed by atoms with van der Waals surface area (Å²) in [5, 5.41) is 13.4. The van der Waals surface area contributed by atoms with Crippen molar-refractivity contribution in [1.29, 1.82) is 0 Å². The summed E-state index contributed by atoms with van der Waals surface area (Å²) in [5.74, 6) is 0.813. The van der Waals surface area contributed by atoms with Crippen LogP contribution in [-0.4, -0.2) is 37.1 Å². The van der Waals surface area contributed by atoms with E-state index in [9.17, 15) is 4.79 Å². The van der Waals surface area contributed by atoms with E-state index in [1.807, 2.05) is 60.9 Å². The van der Waals surface area contributed by atoms with Crippen molar-refractivity contribution in [1.82, 2.24) is 25.2 Å². The van der Waals surface area contributed by atoms with E-state index in [2.05, 4.69) is 25.7 Å². The lowest BCUT2D eigenvalue weighted by Crippen LogP contribution is -2.21. The molecule has 0 saturated carbocycles. The largest absolute Gasteiger partial charge is 0.302 e. The van der Waals surface area contributed by atoms with Crippen molar-refractivity contribution >= 4 is 23.4 Å². The summed E-state index contributed by atoms with van der Waals surface area (Å²) in [6.07, 6.45) is 3.38. The van der Waals surface area contributed by atoms with E-state index in [1.54, 1.807) is 12.4 Å². The minimum Gasteiger partial charge on any atom is -0.302 e. The first kappa shape index (κ1) is 18.8. The monoisotopic (exact) mass is 380 g/mol. The van der Waals surface area contributed by atoms with E-state index in [4.69, 9.17) is 0 Å². The predicted molar refractivity (Wildman–Crippen MR) is 106 cm³/mol. The van der Waals surface area contributed by atoms with Gasteiger partial charge in [0.1, 0.15) is 0 Å². The Labute approximate surface area is 161 Å². The second-order valence-electron chi connectivity index (χ2n) is 5.67. The Kier molecular flexibility index (Phi) is 6.32. The normalized spacial score (nSPS) is 11.4. The van der Waals surface area contributed by atoms with Gasteiger partial charge in [0.2, 0.25) is 0 Å². The number of carbonyl (C=O) groups excluding carboxylic acids is 1. The fraction of sp³-hybridized carbons (Fsp3) is 0.211. The molecule has 3 aromatic rings. The molecule has 0 spiro atoms. The van der Waals surface area contributed by atoms with E-state index in [1.165, 1.54) is 11.8 Å². The van der Waals surface area contributed by atoms with Crippen LogP contribution in [0.1, 0.15) is 19.4 Å². The molecule has 2 aromatic heterocycles. The third-order valence-electron chi connectivity index (χ3n) is 3.84.